The maximum atomic E-state index is 11.6. The third-order valence-corrected chi connectivity index (χ3v) is 3.74. The van der Waals surface area contributed by atoms with Crippen LogP contribution in [0.15, 0.2) is 28.2 Å². The molecule has 8 heteroatoms. The fourth-order valence-corrected chi connectivity index (χ4v) is 2.59. The van der Waals surface area contributed by atoms with Crippen molar-refractivity contribution in [3.63, 3.8) is 0 Å². The van der Waals surface area contributed by atoms with Gasteiger partial charge in [-0.15, -0.1) is 24.0 Å². The van der Waals surface area contributed by atoms with Crippen LogP contribution in [0.25, 0.3) is 0 Å². The topological polar surface area (TPSA) is 83.5 Å². The highest BCUT2D eigenvalue weighted by Gasteiger charge is 2.14. The summed E-state index contributed by atoms with van der Waals surface area (Å²) in [4.78, 5) is 8.62. The number of pyridine rings is 1. The highest BCUT2D eigenvalue weighted by molar-refractivity contribution is 14.0. The predicted molar refractivity (Wildman–Crippen MR) is 84.5 cm³/mol. The van der Waals surface area contributed by atoms with Gasteiger partial charge in [-0.1, -0.05) is 0 Å². The molecule has 1 aliphatic heterocycles. The molecule has 0 atom stereocenters. The molecule has 2 N–H and O–H groups in total. The lowest BCUT2D eigenvalue weighted by Gasteiger charge is -2.16. The number of hydrogen-bond acceptors (Lipinski definition) is 6. The van der Waals surface area contributed by atoms with Crippen molar-refractivity contribution in [2.75, 3.05) is 19.3 Å². The molecule has 0 bridgehead atoms. The normalized spacial score (nSPS) is 14.9. The molecule has 0 aromatic carbocycles. The molecule has 1 aromatic rings. The van der Waals surface area contributed by atoms with Crippen molar-refractivity contribution >= 4 is 39.8 Å². The standard InChI is InChI=1S/C11H16N4O2S.HI/c1-18(16,17)10-4-2-5-12-9(10)8-15-11-13-6-3-7-14-11;/h2,4-5H,3,6-8H2,1H3,(H2,13,14,15);1H. The van der Waals surface area contributed by atoms with Gasteiger partial charge in [-0.3, -0.25) is 9.98 Å². The van der Waals surface area contributed by atoms with E-state index in [1.54, 1.807) is 18.3 Å². The van der Waals surface area contributed by atoms with Crippen LogP contribution in [0.1, 0.15) is 12.1 Å². The highest BCUT2D eigenvalue weighted by atomic mass is 127. The molecule has 6 nitrogen and oxygen atoms in total. The van der Waals surface area contributed by atoms with Gasteiger partial charge < -0.3 is 10.6 Å². The van der Waals surface area contributed by atoms with Crippen molar-refractivity contribution in [1.82, 2.24) is 15.6 Å². The third-order valence-electron chi connectivity index (χ3n) is 2.57. The molecular weight excluding hydrogens is 379 g/mol. The zero-order chi connectivity index (χ0) is 13.0. The van der Waals surface area contributed by atoms with Gasteiger partial charge in [0.25, 0.3) is 0 Å². The van der Waals surface area contributed by atoms with Crippen LogP contribution in [0.4, 0.5) is 0 Å². The molecule has 0 saturated carbocycles. The Bertz CT molecular complexity index is 560. The molecule has 0 amide bonds. The van der Waals surface area contributed by atoms with Gasteiger partial charge in [0.15, 0.2) is 15.8 Å². The summed E-state index contributed by atoms with van der Waals surface area (Å²) in [6.45, 7) is 2.01. The van der Waals surface area contributed by atoms with Gasteiger partial charge >= 0.3 is 0 Å². The van der Waals surface area contributed by atoms with Crippen molar-refractivity contribution in [1.29, 1.82) is 0 Å². The zero-order valence-corrected chi connectivity index (χ0v) is 13.7. The van der Waals surface area contributed by atoms with Crippen LogP contribution < -0.4 is 10.6 Å². The van der Waals surface area contributed by atoms with Gasteiger partial charge in [-0.05, 0) is 18.6 Å². The number of aromatic nitrogens is 1. The Morgan fingerprint density at radius 3 is 2.89 bits per heavy atom. The summed E-state index contributed by atoms with van der Waals surface area (Å²) in [6, 6.07) is 3.19. The van der Waals surface area contributed by atoms with Crippen LogP contribution >= 0.6 is 24.0 Å². The lowest BCUT2D eigenvalue weighted by Crippen LogP contribution is -2.40. The van der Waals surface area contributed by atoms with E-state index in [0.29, 0.717) is 18.2 Å². The number of guanidine groups is 1. The van der Waals surface area contributed by atoms with E-state index in [9.17, 15) is 8.42 Å². The van der Waals surface area contributed by atoms with Crippen LogP contribution in [-0.2, 0) is 16.4 Å². The second kappa shape index (κ2) is 7.04. The number of hydrogen-bond donors (Lipinski definition) is 2. The monoisotopic (exact) mass is 396 g/mol. The summed E-state index contributed by atoms with van der Waals surface area (Å²) in [6.07, 6.45) is 3.79. The van der Waals surface area contributed by atoms with Crippen LogP contribution in [0.2, 0.25) is 0 Å². The molecule has 0 fully saturated rings. The van der Waals surface area contributed by atoms with E-state index < -0.39 is 9.84 Å². The minimum Gasteiger partial charge on any atom is -0.356 e. The first-order valence-electron chi connectivity index (χ1n) is 5.73. The van der Waals surface area contributed by atoms with Gasteiger partial charge in [0, 0.05) is 25.5 Å². The molecule has 19 heavy (non-hydrogen) atoms. The fourth-order valence-electron chi connectivity index (χ4n) is 1.71. The van der Waals surface area contributed by atoms with E-state index in [4.69, 9.17) is 0 Å². The molecule has 0 aliphatic carbocycles. The first-order chi connectivity index (χ1) is 8.57. The fraction of sp³-hybridized carbons (Fsp3) is 0.455. The number of halogens is 1. The van der Waals surface area contributed by atoms with Crippen LogP contribution in [0.3, 0.4) is 0 Å². The number of aliphatic imine (C=N–C) groups is 1. The van der Waals surface area contributed by atoms with Crippen molar-refractivity contribution in [3.8, 4) is 0 Å². The minimum atomic E-state index is -3.25. The van der Waals surface area contributed by atoms with E-state index in [2.05, 4.69) is 20.6 Å². The third kappa shape index (κ3) is 4.60. The molecule has 1 aromatic heterocycles. The minimum absolute atomic E-state index is 0. The average Bonchev–Trinajstić information content (AvgIpc) is 2.37. The van der Waals surface area contributed by atoms with E-state index in [-0.39, 0.29) is 28.9 Å². The van der Waals surface area contributed by atoms with E-state index in [1.807, 2.05) is 0 Å². The van der Waals surface area contributed by atoms with E-state index in [0.717, 1.165) is 19.5 Å². The first-order valence-corrected chi connectivity index (χ1v) is 7.62. The molecule has 1 aliphatic rings. The molecule has 0 saturated heterocycles. The molecule has 2 heterocycles. The lowest BCUT2D eigenvalue weighted by molar-refractivity contribution is 0.599. The summed E-state index contributed by atoms with van der Waals surface area (Å²) < 4.78 is 23.2. The quantitative estimate of drug-likeness (QED) is 0.729. The SMILES string of the molecule is CS(=O)(=O)c1cccnc1CNC1=NCCCN1.I. The van der Waals surface area contributed by atoms with Gasteiger partial charge in [0.1, 0.15) is 0 Å². The molecular formula is C11H17IN4O2S. The summed E-state index contributed by atoms with van der Waals surface area (Å²) in [7, 11) is -3.25. The van der Waals surface area contributed by atoms with E-state index >= 15 is 0 Å². The van der Waals surface area contributed by atoms with E-state index in [1.165, 1.54) is 6.26 Å². The maximum absolute atomic E-state index is 11.6. The Morgan fingerprint density at radius 2 is 2.26 bits per heavy atom. The van der Waals surface area contributed by atoms with Crippen molar-refractivity contribution < 1.29 is 8.42 Å². The van der Waals surface area contributed by atoms with Crippen molar-refractivity contribution in [2.24, 2.45) is 4.99 Å². The molecule has 2 rings (SSSR count). The average molecular weight is 396 g/mol. The number of nitrogens with one attached hydrogen (secondary N) is 2. The number of nitrogens with zero attached hydrogens (tertiary/aromatic N) is 2. The van der Waals surface area contributed by atoms with Gasteiger partial charge in [0.2, 0.25) is 0 Å². The largest absolute Gasteiger partial charge is 0.356 e. The maximum Gasteiger partial charge on any atom is 0.191 e. The Balaban J connectivity index is 0.00000180. The first kappa shape index (κ1) is 16.2. The van der Waals surface area contributed by atoms with Gasteiger partial charge in [0.05, 0.1) is 17.1 Å². The zero-order valence-electron chi connectivity index (χ0n) is 10.6. The molecule has 0 unspecified atom stereocenters. The van der Waals surface area contributed by atoms with Crippen LogP contribution in [0, 0.1) is 0 Å². The summed E-state index contributed by atoms with van der Waals surface area (Å²) in [5, 5.41) is 6.17. The second-order valence-electron chi connectivity index (χ2n) is 4.08. The second-order valence-corrected chi connectivity index (χ2v) is 6.07. The Morgan fingerprint density at radius 1 is 1.47 bits per heavy atom. The van der Waals surface area contributed by atoms with Crippen LogP contribution in [0.5, 0.6) is 0 Å². The smallest absolute Gasteiger partial charge is 0.191 e. The number of rotatable bonds is 3. The summed E-state index contributed by atoms with van der Waals surface area (Å²) >= 11 is 0. The van der Waals surface area contributed by atoms with Gasteiger partial charge in [-0.2, -0.15) is 0 Å². The van der Waals surface area contributed by atoms with Crippen LogP contribution in [-0.4, -0.2) is 38.7 Å². The van der Waals surface area contributed by atoms with Crippen molar-refractivity contribution in [2.45, 2.75) is 17.9 Å². The predicted octanol–water partition coefficient (Wildman–Crippen LogP) is 0.542. The highest BCUT2D eigenvalue weighted by Crippen LogP contribution is 2.12. The molecule has 106 valence electrons. The van der Waals surface area contributed by atoms with Crippen molar-refractivity contribution in [3.05, 3.63) is 24.0 Å². The lowest BCUT2D eigenvalue weighted by atomic mass is 10.3. The Hall–Kier alpha value is -0.900. The number of sulfone groups is 1. The summed E-state index contributed by atoms with van der Waals surface area (Å²) in [5.41, 5.74) is 0.509. The molecule has 0 radical (unpaired) electrons. The summed E-state index contributed by atoms with van der Waals surface area (Å²) in [5.74, 6) is 0.700. The molecule has 0 spiro atoms. The Labute approximate surface area is 130 Å². The van der Waals surface area contributed by atoms with Gasteiger partial charge in [-0.25, -0.2) is 8.42 Å². The Kier molecular flexibility index (Phi) is 5.98.